The number of amides is 1. The van der Waals surface area contributed by atoms with E-state index in [1.54, 1.807) is 18.2 Å². The van der Waals surface area contributed by atoms with Crippen molar-refractivity contribution in [3.8, 4) is 0 Å². The van der Waals surface area contributed by atoms with Gasteiger partial charge in [0.25, 0.3) is 5.76 Å². The third-order valence-corrected chi connectivity index (χ3v) is 4.30. The molecule has 4 nitrogen and oxygen atoms in total. The van der Waals surface area contributed by atoms with Gasteiger partial charge in [-0.15, -0.1) is 0 Å². The van der Waals surface area contributed by atoms with Crippen LogP contribution in [-0.2, 0) is 9.59 Å². The number of rotatable bonds is 5. The summed E-state index contributed by atoms with van der Waals surface area (Å²) < 4.78 is 24.9. The third kappa shape index (κ3) is 4.17. The fourth-order valence-electron chi connectivity index (χ4n) is 2.45. The number of carbonyl (C=O) groups excluding carboxylic acids is 1. The minimum atomic E-state index is -2.56. The molecular formula is C14H15F2NO3S. The maximum absolute atomic E-state index is 12.5. The molecular weight excluding hydrogens is 300 g/mol. The molecule has 2 rings (SSSR count). The van der Waals surface area contributed by atoms with E-state index in [9.17, 15) is 18.4 Å². The highest BCUT2D eigenvalue weighted by Gasteiger charge is 2.34. The number of aliphatic carboxylic acids is 1. The van der Waals surface area contributed by atoms with Crippen molar-refractivity contribution in [3.63, 3.8) is 0 Å². The van der Waals surface area contributed by atoms with Crippen molar-refractivity contribution in [2.75, 3.05) is 5.32 Å². The maximum atomic E-state index is 12.5. The number of anilines is 1. The van der Waals surface area contributed by atoms with Gasteiger partial charge in [-0.3, -0.25) is 9.59 Å². The van der Waals surface area contributed by atoms with Gasteiger partial charge >= 0.3 is 5.97 Å². The second-order valence-electron chi connectivity index (χ2n) is 4.91. The molecule has 1 aliphatic carbocycles. The lowest BCUT2D eigenvalue weighted by Gasteiger charge is -2.13. The number of hydrogen-bond donors (Lipinski definition) is 2. The lowest BCUT2D eigenvalue weighted by molar-refractivity contribution is -0.141. The van der Waals surface area contributed by atoms with E-state index in [2.05, 4.69) is 5.32 Å². The Morgan fingerprint density at radius 3 is 2.52 bits per heavy atom. The number of carboxylic acid groups (broad SMARTS) is 1. The Labute approximate surface area is 124 Å². The second-order valence-corrected chi connectivity index (χ2v) is 5.94. The van der Waals surface area contributed by atoms with E-state index < -0.39 is 17.6 Å². The molecule has 1 aliphatic rings. The molecule has 2 N–H and O–H groups in total. The largest absolute Gasteiger partial charge is 0.481 e. The monoisotopic (exact) mass is 315 g/mol. The second kappa shape index (κ2) is 6.89. The van der Waals surface area contributed by atoms with Gasteiger partial charge in [0.15, 0.2) is 0 Å². The van der Waals surface area contributed by atoms with Gasteiger partial charge < -0.3 is 10.4 Å². The molecule has 114 valence electrons. The normalized spacial score (nSPS) is 21.5. The van der Waals surface area contributed by atoms with Crippen LogP contribution in [-0.4, -0.2) is 22.7 Å². The number of thioether (sulfide) groups is 1. The summed E-state index contributed by atoms with van der Waals surface area (Å²) in [6, 6.07) is 6.35. The molecule has 7 heteroatoms. The first-order valence-corrected chi connectivity index (χ1v) is 7.43. The van der Waals surface area contributed by atoms with Crippen LogP contribution in [0.4, 0.5) is 14.5 Å². The average molecular weight is 315 g/mol. The molecule has 1 aromatic carbocycles. The molecule has 0 saturated heterocycles. The minimum absolute atomic E-state index is 0.297. The first-order valence-electron chi connectivity index (χ1n) is 6.55. The molecule has 1 fully saturated rings. The van der Waals surface area contributed by atoms with Gasteiger partial charge in [-0.1, -0.05) is 23.9 Å². The molecule has 0 radical (unpaired) electrons. The Kier molecular flexibility index (Phi) is 5.17. The van der Waals surface area contributed by atoms with Gasteiger partial charge in [0.05, 0.1) is 11.6 Å². The van der Waals surface area contributed by atoms with Gasteiger partial charge in [-0.2, -0.15) is 8.78 Å². The van der Waals surface area contributed by atoms with Crippen molar-refractivity contribution in [2.45, 2.75) is 29.9 Å². The van der Waals surface area contributed by atoms with Gasteiger partial charge in [0, 0.05) is 10.8 Å². The van der Waals surface area contributed by atoms with Crippen molar-refractivity contribution in [1.29, 1.82) is 0 Å². The molecule has 1 saturated carbocycles. The van der Waals surface area contributed by atoms with E-state index in [0.717, 1.165) is 0 Å². The molecule has 1 aromatic rings. The smallest absolute Gasteiger partial charge is 0.306 e. The Balaban J connectivity index is 2.02. The molecule has 0 unspecified atom stereocenters. The van der Waals surface area contributed by atoms with Crippen molar-refractivity contribution < 1.29 is 23.5 Å². The van der Waals surface area contributed by atoms with E-state index in [4.69, 9.17) is 5.11 Å². The summed E-state index contributed by atoms with van der Waals surface area (Å²) in [7, 11) is 0. The highest BCUT2D eigenvalue weighted by molar-refractivity contribution is 7.99. The molecule has 0 spiro atoms. The quantitative estimate of drug-likeness (QED) is 0.817. The zero-order valence-electron chi connectivity index (χ0n) is 11.1. The first-order chi connectivity index (χ1) is 9.97. The van der Waals surface area contributed by atoms with Crippen LogP contribution in [0.15, 0.2) is 29.2 Å². The minimum Gasteiger partial charge on any atom is -0.481 e. The van der Waals surface area contributed by atoms with Crippen LogP contribution >= 0.6 is 11.8 Å². The summed E-state index contributed by atoms with van der Waals surface area (Å²) in [4.78, 5) is 23.3. The predicted octanol–water partition coefficient (Wildman–Crippen LogP) is 3.44. The van der Waals surface area contributed by atoms with Crippen LogP contribution in [0, 0.1) is 11.8 Å². The molecule has 0 aromatic heterocycles. The number of para-hydroxylation sites is 1. The summed E-state index contributed by atoms with van der Waals surface area (Å²) in [5, 5.41) is 11.6. The van der Waals surface area contributed by atoms with Crippen LogP contribution in [0.3, 0.4) is 0 Å². The van der Waals surface area contributed by atoms with Gasteiger partial charge in [0.2, 0.25) is 5.91 Å². The van der Waals surface area contributed by atoms with Gasteiger partial charge in [-0.05, 0) is 31.4 Å². The maximum Gasteiger partial charge on any atom is 0.306 e. The van der Waals surface area contributed by atoms with E-state index >= 15 is 0 Å². The number of carbonyl (C=O) groups is 2. The Hall–Kier alpha value is -1.63. The Bertz CT molecular complexity index is 539. The van der Waals surface area contributed by atoms with Gasteiger partial charge in [-0.25, -0.2) is 0 Å². The van der Waals surface area contributed by atoms with Crippen LogP contribution in [0.5, 0.6) is 0 Å². The summed E-state index contributed by atoms with van der Waals surface area (Å²) in [5.74, 6) is -4.63. The molecule has 0 aliphatic heterocycles. The Morgan fingerprint density at radius 1 is 1.24 bits per heavy atom. The van der Waals surface area contributed by atoms with Crippen molar-refractivity contribution >= 4 is 29.3 Å². The van der Waals surface area contributed by atoms with Crippen LogP contribution < -0.4 is 5.32 Å². The number of hydrogen-bond acceptors (Lipinski definition) is 3. The van der Waals surface area contributed by atoms with Crippen LogP contribution in [0.1, 0.15) is 19.3 Å². The zero-order chi connectivity index (χ0) is 15.4. The first kappa shape index (κ1) is 15.8. The number of nitrogens with one attached hydrogen (secondary N) is 1. The number of benzene rings is 1. The molecule has 1 amide bonds. The van der Waals surface area contributed by atoms with Gasteiger partial charge in [0.1, 0.15) is 0 Å². The number of halogens is 2. The van der Waals surface area contributed by atoms with Crippen molar-refractivity contribution in [2.24, 2.45) is 11.8 Å². The summed E-state index contributed by atoms with van der Waals surface area (Å²) in [6.45, 7) is 0. The van der Waals surface area contributed by atoms with Crippen molar-refractivity contribution in [3.05, 3.63) is 24.3 Å². The van der Waals surface area contributed by atoms with E-state index in [-0.39, 0.29) is 11.8 Å². The zero-order valence-corrected chi connectivity index (χ0v) is 11.9. The van der Waals surface area contributed by atoms with E-state index in [1.165, 1.54) is 6.07 Å². The third-order valence-electron chi connectivity index (χ3n) is 3.51. The SMILES string of the molecule is O=C(O)[C@@H]1CC[C@H](C(=O)Nc2ccccc2SC(F)F)C1. The molecule has 0 heterocycles. The lowest BCUT2D eigenvalue weighted by Crippen LogP contribution is -2.22. The summed E-state index contributed by atoms with van der Waals surface area (Å²) in [5.41, 5.74) is 0.339. The van der Waals surface area contributed by atoms with E-state index in [0.29, 0.717) is 41.6 Å². The van der Waals surface area contributed by atoms with E-state index in [1.807, 2.05) is 0 Å². The molecule has 2 atom stereocenters. The number of alkyl halides is 2. The van der Waals surface area contributed by atoms with Crippen LogP contribution in [0.25, 0.3) is 0 Å². The predicted molar refractivity (Wildman–Crippen MR) is 75.4 cm³/mol. The van der Waals surface area contributed by atoms with Crippen LogP contribution in [0.2, 0.25) is 0 Å². The summed E-state index contributed by atoms with van der Waals surface area (Å²) in [6.07, 6.45) is 1.28. The van der Waals surface area contributed by atoms with Crippen molar-refractivity contribution in [1.82, 2.24) is 0 Å². The highest BCUT2D eigenvalue weighted by Crippen LogP contribution is 2.34. The summed E-state index contributed by atoms with van der Waals surface area (Å²) >= 11 is 0.373. The molecule has 0 bridgehead atoms. The fourth-order valence-corrected chi connectivity index (χ4v) is 3.04. The topological polar surface area (TPSA) is 66.4 Å². The average Bonchev–Trinajstić information content (AvgIpc) is 2.90. The standard InChI is InChI=1S/C14H15F2NO3S/c15-14(16)21-11-4-2-1-3-10(11)17-12(18)8-5-6-9(7-8)13(19)20/h1-4,8-9,14H,5-7H2,(H,17,18)(H,19,20)/t8-,9+/m0/s1. The lowest BCUT2D eigenvalue weighted by atomic mass is 10.0. The highest BCUT2D eigenvalue weighted by atomic mass is 32.2. The molecule has 21 heavy (non-hydrogen) atoms. The fraction of sp³-hybridized carbons (Fsp3) is 0.429. The number of carboxylic acids is 1. The Morgan fingerprint density at radius 2 is 1.90 bits per heavy atom.